The number of hydrogen-bond donors (Lipinski definition) is 0. The molecular formula is C22H26N2OS. The van der Waals surface area contributed by atoms with Gasteiger partial charge in [-0.1, -0.05) is 69.2 Å². The molecule has 0 aromatic heterocycles. The third-order valence-electron chi connectivity index (χ3n) is 4.49. The van der Waals surface area contributed by atoms with E-state index in [1.165, 1.54) is 22.5 Å². The molecule has 3 rings (SSSR count). The Kier molecular flexibility index (Phi) is 6.51. The summed E-state index contributed by atoms with van der Waals surface area (Å²) < 4.78 is 0. The molecule has 136 valence electrons. The van der Waals surface area contributed by atoms with Gasteiger partial charge in [0.25, 0.3) is 5.91 Å². The van der Waals surface area contributed by atoms with Gasteiger partial charge in [0.2, 0.25) is 0 Å². The zero-order valence-electron chi connectivity index (χ0n) is 15.6. The maximum atomic E-state index is 13.0. The highest BCUT2D eigenvalue weighted by atomic mass is 32.2. The molecule has 1 heterocycles. The molecular weight excluding hydrogens is 340 g/mol. The zero-order valence-corrected chi connectivity index (χ0v) is 16.4. The number of thioether (sulfide) groups is 1. The number of unbranched alkanes of at least 4 members (excludes halogenated alkanes) is 2. The Labute approximate surface area is 160 Å². The van der Waals surface area contributed by atoms with Crippen LogP contribution in [0.25, 0.3) is 16.8 Å². The van der Waals surface area contributed by atoms with Gasteiger partial charge in [0, 0.05) is 13.1 Å². The fourth-order valence-corrected chi connectivity index (χ4v) is 4.01. The van der Waals surface area contributed by atoms with Gasteiger partial charge in [-0.25, -0.2) is 0 Å². The highest BCUT2D eigenvalue weighted by Crippen LogP contribution is 2.34. The monoisotopic (exact) mass is 366 g/mol. The van der Waals surface area contributed by atoms with Gasteiger partial charge >= 0.3 is 0 Å². The van der Waals surface area contributed by atoms with Gasteiger partial charge in [0.05, 0.1) is 4.91 Å². The van der Waals surface area contributed by atoms with Gasteiger partial charge in [-0.2, -0.15) is 0 Å². The molecule has 1 fully saturated rings. The normalized spacial score (nSPS) is 17.8. The molecule has 2 aromatic rings. The number of rotatable bonds is 7. The van der Waals surface area contributed by atoms with Crippen LogP contribution in [-0.2, 0) is 4.79 Å². The summed E-state index contributed by atoms with van der Waals surface area (Å²) in [6, 6.07) is 14.5. The number of hydrogen-bond acceptors (Lipinski definition) is 3. The van der Waals surface area contributed by atoms with Gasteiger partial charge in [-0.3, -0.25) is 14.7 Å². The Hall–Kier alpha value is -2.07. The molecule has 1 aliphatic rings. The van der Waals surface area contributed by atoms with Crippen molar-refractivity contribution in [1.82, 2.24) is 4.90 Å². The summed E-state index contributed by atoms with van der Waals surface area (Å²) in [6.07, 6.45) is 6.27. The average molecular weight is 367 g/mol. The Morgan fingerprint density at radius 2 is 1.81 bits per heavy atom. The van der Waals surface area contributed by atoms with Crippen LogP contribution < -0.4 is 0 Å². The summed E-state index contributed by atoms with van der Waals surface area (Å²) in [4.78, 5) is 20.3. The van der Waals surface area contributed by atoms with E-state index in [4.69, 9.17) is 4.99 Å². The van der Waals surface area contributed by atoms with E-state index in [9.17, 15) is 4.79 Å². The smallest absolute Gasteiger partial charge is 0.266 e. The van der Waals surface area contributed by atoms with Crippen molar-refractivity contribution in [3.05, 3.63) is 52.9 Å². The van der Waals surface area contributed by atoms with Crippen LogP contribution in [0.1, 0.15) is 45.1 Å². The predicted octanol–water partition coefficient (Wildman–Crippen LogP) is 5.71. The Morgan fingerprint density at radius 1 is 1.04 bits per heavy atom. The number of aliphatic imine (C=N–C) groups is 1. The first-order valence-electron chi connectivity index (χ1n) is 9.48. The molecule has 3 nitrogen and oxygen atoms in total. The lowest BCUT2D eigenvalue weighted by atomic mass is 10.0. The largest absolute Gasteiger partial charge is 0.287 e. The molecule has 1 amide bonds. The van der Waals surface area contributed by atoms with Crippen LogP contribution >= 0.6 is 11.8 Å². The summed E-state index contributed by atoms with van der Waals surface area (Å²) >= 11 is 1.52. The van der Waals surface area contributed by atoms with Crippen molar-refractivity contribution >= 4 is 39.7 Å². The Balaban J connectivity index is 1.92. The van der Waals surface area contributed by atoms with Crippen molar-refractivity contribution < 1.29 is 4.79 Å². The topological polar surface area (TPSA) is 32.7 Å². The quantitative estimate of drug-likeness (QED) is 0.464. The van der Waals surface area contributed by atoms with Crippen molar-refractivity contribution in [3.8, 4) is 0 Å². The van der Waals surface area contributed by atoms with Crippen LogP contribution in [0.5, 0.6) is 0 Å². The molecule has 26 heavy (non-hydrogen) atoms. The number of fused-ring (bicyclic) bond motifs is 1. The summed E-state index contributed by atoms with van der Waals surface area (Å²) in [5.74, 6) is 0.0895. The highest BCUT2D eigenvalue weighted by Gasteiger charge is 2.32. The molecule has 0 aliphatic carbocycles. The third-order valence-corrected chi connectivity index (χ3v) is 5.54. The van der Waals surface area contributed by atoms with Gasteiger partial charge in [0.1, 0.15) is 0 Å². The summed E-state index contributed by atoms with van der Waals surface area (Å²) in [5, 5.41) is 3.23. The highest BCUT2D eigenvalue weighted by molar-refractivity contribution is 8.18. The van der Waals surface area contributed by atoms with Crippen LogP contribution in [0.4, 0.5) is 0 Å². The van der Waals surface area contributed by atoms with E-state index < -0.39 is 0 Å². The van der Waals surface area contributed by atoms with Crippen molar-refractivity contribution in [2.75, 3.05) is 13.1 Å². The first-order valence-corrected chi connectivity index (χ1v) is 10.3. The lowest BCUT2D eigenvalue weighted by Crippen LogP contribution is -2.30. The molecule has 0 N–H and O–H groups in total. The zero-order chi connectivity index (χ0) is 18.4. The molecule has 1 aliphatic heterocycles. The lowest BCUT2D eigenvalue weighted by Gasteiger charge is -2.14. The lowest BCUT2D eigenvalue weighted by molar-refractivity contribution is -0.122. The maximum absolute atomic E-state index is 13.0. The molecule has 0 radical (unpaired) electrons. The van der Waals surface area contributed by atoms with Crippen molar-refractivity contribution in [1.29, 1.82) is 0 Å². The molecule has 0 spiro atoms. The summed E-state index contributed by atoms with van der Waals surface area (Å²) in [7, 11) is 0. The second-order valence-electron chi connectivity index (χ2n) is 6.51. The molecule has 0 atom stereocenters. The second kappa shape index (κ2) is 9.04. The van der Waals surface area contributed by atoms with Crippen molar-refractivity contribution in [3.63, 3.8) is 0 Å². The van der Waals surface area contributed by atoms with E-state index in [0.717, 1.165) is 54.4 Å². The van der Waals surface area contributed by atoms with Crippen molar-refractivity contribution in [2.24, 2.45) is 4.99 Å². The van der Waals surface area contributed by atoms with Crippen LogP contribution in [0.15, 0.2) is 52.4 Å². The predicted molar refractivity (Wildman–Crippen MR) is 113 cm³/mol. The number of carbonyl (C=O) groups excluding carboxylic acids is 1. The Bertz CT molecular complexity index is 836. The van der Waals surface area contributed by atoms with E-state index in [1.807, 2.05) is 29.2 Å². The fourth-order valence-electron chi connectivity index (χ4n) is 2.99. The molecule has 0 bridgehead atoms. The van der Waals surface area contributed by atoms with E-state index in [1.54, 1.807) is 0 Å². The summed E-state index contributed by atoms with van der Waals surface area (Å²) in [6.45, 7) is 5.85. The van der Waals surface area contributed by atoms with Crippen LogP contribution in [0.3, 0.4) is 0 Å². The standard InChI is InChI=1S/C22H26N2OS/c1-3-5-14-23-22-24(15-6-4-2)21(25)20(26-22)16-18-12-9-11-17-10-7-8-13-19(17)18/h7-13,16H,3-6,14-15H2,1-2H3/b20-16-,23-22?. The van der Waals surface area contributed by atoms with Crippen molar-refractivity contribution in [2.45, 2.75) is 39.5 Å². The molecule has 2 aromatic carbocycles. The first-order chi connectivity index (χ1) is 12.7. The van der Waals surface area contributed by atoms with E-state index >= 15 is 0 Å². The number of amidine groups is 1. The van der Waals surface area contributed by atoms with Crippen LogP contribution in [0, 0.1) is 0 Å². The minimum absolute atomic E-state index is 0.0895. The van der Waals surface area contributed by atoms with E-state index in [0.29, 0.717) is 0 Å². The average Bonchev–Trinajstić information content (AvgIpc) is 2.95. The van der Waals surface area contributed by atoms with Gasteiger partial charge in [0.15, 0.2) is 5.17 Å². The van der Waals surface area contributed by atoms with Gasteiger partial charge in [-0.15, -0.1) is 0 Å². The van der Waals surface area contributed by atoms with Crippen LogP contribution in [-0.4, -0.2) is 29.1 Å². The second-order valence-corrected chi connectivity index (χ2v) is 7.52. The maximum Gasteiger partial charge on any atom is 0.266 e. The number of benzene rings is 2. The minimum atomic E-state index is 0.0895. The third kappa shape index (κ3) is 4.18. The number of carbonyl (C=O) groups is 1. The molecule has 1 saturated heterocycles. The number of nitrogens with zero attached hydrogens (tertiary/aromatic N) is 2. The minimum Gasteiger partial charge on any atom is -0.287 e. The SMILES string of the molecule is CCCCN=C1S/C(=C\c2cccc3ccccc23)C(=O)N1CCCC. The summed E-state index contributed by atoms with van der Waals surface area (Å²) in [5.41, 5.74) is 1.09. The number of amides is 1. The molecule has 4 heteroatoms. The van der Waals surface area contributed by atoms with Gasteiger partial charge < -0.3 is 0 Å². The molecule has 0 saturated carbocycles. The van der Waals surface area contributed by atoms with E-state index in [2.05, 4.69) is 38.1 Å². The fraction of sp³-hybridized carbons (Fsp3) is 0.364. The Morgan fingerprint density at radius 3 is 2.62 bits per heavy atom. The van der Waals surface area contributed by atoms with E-state index in [-0.39, 0.29) is 5.91 Å². The van der Waals surface area contributed by atoms with Gasteiger partial charge in [-0.05, 0) is 47.0 Å². The van der Waals surface area contributed by atoms with Crippen LogP contribution in [0.2, 0.25) is 0 Å². The first kappa shape index (κ1) is 18.7. The molecule has 0 unspecified atom stereocenters.